The van der Waals surface area contributed by atoms with E-state index >= 15 is 0 Å². The van der Waals surface area contributed by atoms with Crippen molar-refractivity contribution < 1.29 is 14.3 Å². The molecule has 25 heavy (non-hydrogen) atoms. The Balaban J connectivity index is 1.54. The van der Waals surface area contributed by atoms with Crippen LogP contribution in [0.4, 0.5) is 10.6 Å². The van der Waals surface area contributed by atoms with Crippen molar-refractivity contribution >= 4 is 23.0 Å². The lowest BCUT2D eigenvalue weighted by Gasteiger charge is -2.07. The van der Waals surface area contributed by atoms with E-state index in [0.29, 0.717) is 46.7 Å². The number of hydrogen-bond donors (Lipinski definition) is 3. The number of anilines is 1. The van der Waals surface area contributed by atoms with Gasteiger partial charge in [0.15, 0.2) is 11.4 Å². The van der Waals surface area contributed by atoms with Gasteiger partial charge in [0, 0.05) is 6.54 Å². The minimum absolute atomic E-state index is 0.177. The van der Waals surface area contributed by atoms with Gasteiger partial charge in [0.2, 0.25) is 0 Å². The van der Waals surface area contributed by atoms with Gasteiger partial charge in [0.1, 0.15) is 29.4 Å². The normalized spacial score (nSPS) is 13.8. The van der Waals surface area contributed by atoms with E-state index in [-0.39, 0.29) is 12.6 Å². The van der Waals surface area contributed by atoms with E-state index in [1.54, 1.807) is 30.5 Å². The van der Waals surface area contributed by atoms with Gasteiger partial charge in [-0.05, 0) is 43.0 Å². The predicted molar refractivity (Wildman–Crippen MR) is 90.7 cm³/mol. The maximum Gasteiger partial charge on any atom is 0.320 e. The molecule has 0 saturated heterocycles. The highest BCUT2D eigenvalue weighted by atomic mass is 16.4. The van der Waals surface area contributed by atoms with Gasteiger partial charge in [-0.15, -0.1) is 0 Å². The smallest absolute Gasteiger partial charge is 0.320 e. The average molecular weight is 339 g/mol. The summed E-state index contributed by atoms with van der Waals surface area (Å²) in [5.41, 5.74) is 1.52. The molecule has 3 heterocycles. The Kier molecular flexibility index (Phi) is 4.02. The second-order valence-corrected chi connectivity index (χ2v) is 6.00. The second kappa shape index (κ2) is 6.48. The summed E-state index contributed by atoms with van der Waals surface area (Å²) in [5.74, 6) is 1.97. The van der Waals surface area contributed by atoms with E-state index < -0.39 is 0 Å². The lowest BCUT2D eigenvalue weighted by atomic mass is 10.3. The molecule has 1 saturated carbocycles. The number of fused-ring (bicyclic) bond motifs is 1. The Morgan fingerprint density at radius 1 is 1.24 bits per heavy atom. The highest BCUT2D eigenvalue weighted by Gasteiger charge is 2.21. The Bertz CT molecular complexity index is 920. The zero-order valence-corrected chi connectivity index (χ0v) is 13.4. The topological polar surface area (TPSA) is 113 Å². The summed E-state index contributed by atoms with van der Waals surface area (Å²) in [5, 5.41) is 14.6. The van der Waals surface area contributed by atoms with E-state index in [9.17, 15) is 4.79 Å². The third-order valence-corrected chi connectivity index (χ3v) is 3.97. The van der Waals surface area contributed by atoms with E-state index in [2.05, 4.69) is 25.6 Å². The maximum absolute atomic E-state index is 11.9. The highest BCUT2D eigenvalue weighted by Crippen LogP contribution is 2.27. The van der Waals surface area contributed by atoms with Crippen LogP contribution in [0.5, 0.6) is 0 Å². The van der Waals surface area contributed by atoms with Crippen LogP contribution >= 0.6 is 0 Å². The molecule has 8 nitrogen and oxygen atoms in total. The molecule has 3 aromatic heterocycles. The minimum atomic E-state index is -0.276. The number of rotatable bonds is 5. The van der Waals surface area contributed by atoms with Crippen molar-refractivity contribution in [1.29, 1.82) is 0 Å². The molecule has 8 heteroatoms. The summed E-state index contributed by atoms with van der Waals surface area (Å²) in [4.78, 5) is 24.9. The van der Waals surface area contributed by atoms with Crippen LogP contribution in [0, 0.1) is 5.92 Å². The number of nitrogens with one attached hydrogen (secondary N) is 2. The van der Waals surface area contributed by atoms with E-state index in [0.717, 1.165) is 0 Å². The summed E-state index contributed by atoms with van der Waals surface area (Å²) in [6.45, 7) is 0.512. The number of amides is 2. The molecule has 0 unspecified atom stereocenters. The number of carbonyl (C=O) groups excluding carboxylic acids is 1. The molecule has 1 fully saturated rings. The molecule has 1 aliphatic carbocycles. The molecule has 3 aromatic rings. The number of aromatic nitrogens is 3. The van der Waals surface area contributed by atoms with Crippen LogP contribution in [0.3, 0.4) is 0 Å². The largest absolute Gasteiger partial charge is 0.457 e. The van der Waals surface area contributed by atoms with Gasteiger partial charge in [-0.3, -0.25) is 10.3 Å². The standard InChI is InChI=1S/C17H17N5O3/c23-9-11-3-5-14(25-11)13-8-18-12-4-6-15(21-16(12)20-13)22-17(24)19-7-10-1-2-10/h3-6,8,10,23H,1-2,7,9H2,(H2,19,20,21,22,24). The maximum atomic E-state index is 11.9. The van der Waals surface area contributed by atoms with Gasteiger partial charge < -0.3 is 14.8 Å². The Morgan fingerprint density at radius 3 is 2.88 bits per heavy atom. The van der Waals surface area contributed by atoms with Crippen molar-refractivity contribution in [3.63, 3.8) is 0 Å². The van der Waals surface area contributed by atoms with Crippen LogP contribution in [0.2, 0.25) is 0 Å². The lowest BCUT2D eigenvalue weighted by molar-refractivity contribution is 0.248. The molecule has 0 bridgehead atoms. The highest BCUT2D eigenvalue weighted by molar-refractivity contribution is 5.89. The first-order valence-corrected chi connectivity index (χ1v) is 8.10. The molecule has 4 rings (SSSR count). The zero-order valence-electron chi connectivity index (χ0n) is 13.4. The van der Waals surface area contributed by atoms with Gasteiger partial charge in [-0.2, -0.15) is 0 Å². The second-order valence-electron chi connectivity index (χ2n) is 6.00. The van der Waals surface area contributed by atoms with E-state index in [4.69, 9.17) is 9.52 Å². The van der Waals surface area contributed by atoms with Crippen molar-refractivity contribution in [2.75, 3.05) is 11.9 Å². The molecule has 0 spiro atoms. The lowest BCUT2D eigenvalue weighted by Crippen LogP contribution is -2.30. The molecule has 3 N–H and O–H groups in total. The summed E-state index contributed by atoms with van der Waals surface area (Å²) >= 11 is 0. The fraction of sp³-hybridized carbons (Fsp3) is 0.294. The molecule has 0 aromatic carbocycles. The van der Waals surface area contributed by atoms with Gasteiger partial charge in [0.25, 0.3) is 0 Å². The molecule has 0 atom stereocenters. The molecular weight excluding hydrogens is 322 g/mol. The number of hydrogen-bond acceptors (Lipinski definition) is 6. The first kappa shape index (κ1) is 15.5. The Labute approximate surface area is 143 Å². The number of furan rings is 1. The van der Waals surface area contributed by atoms with Crippen molar-refractivity contribution in [2.24, 2.45) is 5.92 Å². The monoisotopic (exact) mass is 339 g/mol. The molecule has 1 aliphatic rings. The van der Waals surface area contributed by atoms with Crippen LogP contribution in [0.15, 0.2) is 34.9 Å². The molecular formula is C17H17N5O3. The Morgan fingerprint density at radius 2 is 2.12 bits per heavy atom. The van der Waals surface area contributed by atoms with Crippen molar-refractivity contribution in [2.45, 2.75) is 19.4 Å². The van der Waals surface area contributed by atoms with Crippen LogP contribution in [-0.4, -0.2) is 32.6 Å². The SMILES string of the molecule is O=C(NCC1CC1)Nc1ccc2ncc(-c3ccc(CO)o3)nc2n1. The number of urea groups is 1. The van der Waals surface area contributed by atoms with E-state index in [1.165, 1.54) is 12.8 Å². The quantitative estimate of drug-likeness (QED) is 0.657. The Hall–Kier alpha value is -3.00. The molecule has 128 valence electrons. The molecule has 0 radical (unpaired) electrons. The van der Waals surface area contributed by atoms with Crippen molar-refractivity contribution in [3.05, 3.63) is 36.2 Å². The molecule has 0 aliphatic heterocycles. The van der Waals surface area contributed by atoms with Crippen LogP contribution in [0.1, 0.15) is 18.6 Å². The number of aliphatic hydroxyl groups excluding tert-OH is 1. The number of pyridine rings is 1. The summed E-state index contributed by atoms with van der Waals surface area (Å²) in [7, 11) is 0. The van der Waals surface area contributed by atoms with Gasteiger partial charge in [-0.25, -0.2) is 14.8 Å². The first-order valence-electron chi connectivity index (χ1n) is 8.10. The zero-order chi connectivity index (χ0) is 17.2. The third-order valence-electron chi connectivity index (χ3n) is 3.97. The number of nitrogens with zero attached hydrogens (tertiary/aromatic N) is 3. The summed E-state index contributed by atoms with van der Waals surface area (Å²) in [6, 6.07) is 6.55. The average Bonchev–Trinajstić information content (AvgIpc) is 3.34. The van der Waals surface area contributed by atoms with Crippen molar-refractivity contribution in [3.8, 4) is 11.5 Å². The van der Waals surface area contributed by atoms with Crippen LogP contribution < -0.4 is 10.6 Å². The summed E-state index contributed by atoms with van der Waals surface area (Å²) < 4.78 is 5.46. The number of aliphatic hydroxyl groups is 1. The van der Waals surface area contributed by atoms with Gasteiger partial charge in [-0.1, -0.05) is 0 Å². The van der Waals surface area contributed by atoms with Crippen molar-refractivity contribution in [1.82, 2.24) is 20.3 Å². The molecule has 2 amide bonds. The fourth-order valence-corrected chi connectivity index (χ4v) is 2.41. The third kappa shape index (κ3) is 3.58. The summed E-state index contributed by atoms with van der Waals surface area (Å²) in [6.07, 6.45) is 3.94. The predicted octanol–water partition coefficient (Wildman–Crippen LogP) is 2.31. The van der Waals surface area contributed by atoms with Gasteiger partial charge in [0.05, 0.1) is 6.20 Å². The number of carbonyl (C=O) groups is 1. The van der Waals surface area contributed by atoms with E-state index in [1.807, 2.05) is 0 Å². The first-order chi connectivity index (χ1) is 12.2. The van der Waals surface area contributed by atoms with Crippen LogP contribution in [-0.2, 0) is 6.61 Å². The minimum Gasteiger partial charge on any atom is -0.457 e. The van der Waals surface area contributed by atoms with Gasteiger partial charge >= 0.3 is 6.03 Å². The van der Waals surface area contributed by atoms with Crippen LogP contribution in [0.25, 0.3) is 22.6 Å². The fourth-order valence-electron chi connectivity index (χ4n) is 2.41.